The first-order valence-electron chi connectivity index (χ1n) is 7.62. The zero-order valence-electron chi connectivity index (χ0n) is 13.3. The van der Waals surface area contributed by atoms with E-state index in [1.54, 1.807) is 0 Å². The molecule has 2 bridgehead atoms. The van der Waals surface area contributed by atoms with Crippen molar-refractivity contribution in [3.8, 4) is 12.5 Å². The van der Waals surface area contributed by atoms with Gasteiger partial charge in [-0.1, -0.05) is 30.3 Å². The van der Waals surface area contributed by atoms with Crippen molar-refractivity contribution in [1.29, 1.82) is 10.5 Å². The summed E-state index contributed by atoms with van der Waals surface area (Å²) < 4.78 is 9.01. The van der Waals surface area contributed by atoms with Gasteiger partial charge >= 0.3 is 46.3 Å². The Bertz CT molecular complexity index is 591. The second-order valence-electron chi connectivity index (χ2n) is 5.72. The summed E-state index contributed by atoms with van der Waals surface area (Å²) >= 11 is -0.747. The average Bonchev–Trinajstić information content (AvgIpc) is 2.65. The predicted octanol–water partition coefficient (Wildman–Crippen LogP) is 0.531. The molecule has 3 saturated heterocycles. The number of carbonyl (C=O) groups excluding carboxylic acids is 1. The van der Waals surface area contributed by atoms with E-state index in [1.807, 2.05) is 30.3 Å². The molecule has 7 nitrogen and oxygen atoms in total. The Kier molecular flexibility index (Phi) is 7.05. The first-order chi connectivity index (χ1) is 11.7. The molecule has 0 aromatic heterocycles. The van der Waals surface area contributed by atoms with Gasteiger partial charge in [0.15, 0.2) is 0 Å². The van der Waals surface area contributed by atoms with Gasteiger partial charge in [0.2, 0.25) is 5.78 Å². The molecule has 1 aromatic carbocycles. The SMILES string of the molecule is N#CO[Se]OC#N.O=C(C[N+]12CCN(CC1)CC2)c1ccccc1. The van der Waals surface area contributed by atoms with Crippen molar-refractivity contribution in [3.05, 3.63) is 35.9 Å². The van der Waals surface area contributed by atoms with Crippen LogP contribution >= 0.6 is 0 Å². The van der Waals surface area contributed by atoms with Crippen LogP contribution in [0.4, 0.5) is 0 Å². The molecule has 0 atom stereocenters. The van der Waals surface area contributed by atoms with Crippen LogP contribution < -0.4 is 0 Å². The van der Waals surface area contributed by atoms with Crippen LogP contribution in [0, 0.1) is 23.0 Å². The van der Waals surface area contributed by atoms with Gasteiger partial charge in [0.25, 0.3) is 0 Å². The minimum Gasteiger partial charge on any atom is -0.314 e. The number of rotatable bonds is 5. The van der Waals surface area contributed by atoms with Crippen molar-refractivity contribution in [1.82, 2.24) is 4.90 Å². The third-order valence-electron chi connectivity index (χ3n) is 4.39. The number of hydrogen-bond donors (Lipinski definition) is 0. The van der Waals surface area contributed by atoms with Gasteiger partial charge in [-0.2, -0.15) is 0 Å². The van der Waals surface area contributed by atoms with E-state index >= 15 is 0 Å². The second-order valence-corrected chi connectivity index (χ2v) is 6.70. The van der Waals surface area contributed by atoms with Gasteiger partial charge in [0.05, 0.1) is 19.6 Å². The third kappa shape index (κ3) is 5.23. The van der Waals surface area contributed by atoms with Crippen molar-refractivity contribution in [3.63, 3.8) is 0 Å². The summed E-state index contributed by atoms with van der Waals surface area (Å²) in [4.78, 5) is 14.8. The number of nitrogens with zero attached hydrogens (tertiary/aromatic N) is 4. The zero-order chi connectivity index (χ0) is 17.3. The number of benzene rings is 1. The van der Waals surface area contributed by atoms with Crippen molar-refractivity contribution < 1.29 is 16.9 Å². The molecule has 3 heterocycles. The number of carbonyl (C=O) groups is 1. The molecule has 0 saturated carbocycles. The molecule has 8 heteroatoms. The number of hydrogen-bond acceptors (Lipinski definition) is 6. The van der Waals surface area contributed by atoms with Crippen molar-refractivity contribution in [2.45, 2.75) is 0 Å². The summed E-state index contributed by atoms with van der Waals surface area (Å²) in [6, 6.07) is 9.72. The number of Topliss-reactive ketones (excluding diaryl/α,β-unsaturated/α-hetero) is 1. The Balaban J connectivity index is 0.000000256. The topological polar surface area (TPSA) is 86.3 Å². The van der Waals surface area contributed by atoms with Crippen LogP contribution in [0.25, 0.3) is 0 Å². The summed E-state index contributed by atoms with van der Waals surface area (Å²) in [5, 5.41) is 15.3. The molecular formula is C16H19N4O3Se+. The fourth-order valence-electron chi connectivity index (χ4n) is 3.04. The maximum Gasteiger partial charge on any atom is 0.216 e. The zero-order valence-corrected chi connectivity index (χ0v) is 15.0. The molecule has 0 unspecified atom stereocenters. The van der Waals surface area contributed by atoms with Crippen LogP contribution in [0.3, 0.4) is 0 Å². The molecule has 3 fully saturated rings. The maximum atomic E-state index is 12.3. The fraction of sp³-hybridized carbons (Fsp3) is 0.438. The normalized spacial score (nSPS) is 23.8. The minimum absolute atomic E-state index is 0.306. The van der Waals surface area contributed by atoms with Gasteiger partial charge in [0, 0.05) is 25.2 Å². The third-order valence-corrected chi connectivity index (χ3v) is 4.99. The molecule has 0 spiro atoms. The van der Waals surface area contributed by atoms with E-state index in [4.69, 9.17) is 10.5 Å². The number of nitriles is 2. The Hall–Kier alpha value is -2.09. The van der Waals surface area contributed by atoms with Crippen LogP contribution in [-0.4, -0.2) is 76.6 Å². The van der Waals surface area contributed by atoms with Gasteiger partial charge in [-0.3, -0.25) is 9.69 Å². The van der Waals surface area contributed by atoms with Crippen molar-refractivity contribution >= 4 is 21.4 Å². The molecule has 24 heavy (non-hydrogen) atoms. The quantitative estimate of drug-likeness (QED) is 0.238. The molecule has 3 aliphatic heterocycles. The Labute approximate surface area is 148 Å². The molecule has 0 radical (unpaired) electrons. The Morgan fingerprint density at radius 1 is 1.08 bits per heavy atom. The molecule has 126 valence electrons. The second kappa shape index (κ2) is 9.26. The summed E-state index contributed by atoms with van der Waals surface area (Å²) in [6.45, 7) is 7.65. The summed E-state index contributed by atoms with van der Waals surface area (Å²) in [6.07, 6.45) is 2.71. The van der Waals surface area contributed by atoms with E-state index in [-0.39, 0.29) is 0 Å². The molecule has 0 amide bonds. The predicted molar refractivity (Wildman–Crippen MR) is 86.1 cm³/mol. The van der Waals surface area contributed by atoms with Gasteiger partial charge < -0.3 is 4.48 Å². The minimum atomic E-state index is -0.747. The van der Waals surface area contributed by atoms with E-state index in [0.29, 0.717) is 12.3 Å². The number of fused-ring (bicyclic) bond motifs is 3. The molecule has 0 aliphatic carbocycles. The standard InChI is InChI=1S/C14H19N2O.C2N2O2Se/c17-14(13-4-2-1-3-5-13)12-16-9-6-15(7-10-16)8-11-16;3-1-5-7-6-2-4/h1-5H,6-12H2;/q+1;. The van der Waals surface area contributed by atoms with Crippen LogP contribution in [0.5, 0.6) is 0 Å². The molecule has 0 N–H and O–H groups in total. The maximum absolute atomic E-state index is 12.3. The molecular weight excluding hydrogens is 375 g/mol. The summed E-state index contributed by atoms with van der Waals surface area (Å²) in [5.41, 5.74) is 0.869. The summed E-state index contributed by atoms with van der Waals surface area (Å²) in [5.74, 6) is 0.306. The first kappa shape index (κ1) is 18.3. The van der Waals surface area contributed by atoms with Gasteiger partial charge in [0.1, 0.15) is 6.54 Å². The molecule has 4 rings (SSSR count). The van der Waals surface area contributed by atoms with Crippen LogP contribution in [-0.2, 0) is 7.64 Å². The number of quaternary nitrogens is 1. The Morgan fingerprint density at radius 3 is 2.12 bits per heavy atom. The fourth-order valence-corrected chi connectivity index (χ4v) is 3.24. The van der Waals surface area contributed by atoms with Crippen molar-refractivity contribution in [2.24, 2.45) is 0 Å². The van der Waals surface area contributed by atoms with Gasteiger partial charge in [-0.25, -0.2) is 0 Å². The van der Waals surface area contributed by atoms with Gasteiger partial charge in [-0.05, 0) is 0 Å². The van der Waals surface area contributed by atoms with E-state index in [9.17, 15) is 4.79 Å². The van der Waals surface area contributed by atoms with Crippen molar-refractivity contribution in [2.75, 3.05) is 45.8 Å². The average molecular weight is 394 g/mol. The van der Waals surface area contributed by atoms with Gasteiger partial charge in [-0.15, -0.1) is 0 Å². The molecule has 1 aromatic rings. The van der Waals surface area contributed by atoms with Crippen LogP contribution in [0.1, 0.15) is 10.4 Å². The number of ketones is 1. The first-order valence-corrected chi connectivity index (χ1v) is 9.02. The number of piperazine rings is 3. The molecule has 3 aliphatic rings. The summed E-state index contributed by atoms with van der Waals surface area (Å²) in [7, 11) is 0. The monoisotopic (exact) mass is 395 g/mol. The van der Waals surface area contributed by atoms with E-state index < -0.39 is 15.6 Å². The van der Waals surface area contributed by atoms with E-state index in [2.05, 4.69) is 12.5 Å². The van der Waals surface area contributed by atoms with Crippen LogP contribution in [0.15, 0.2) is 30.3 Å². The smallest absolute Gasteiger partial charge is 0.216 e. The largest absolute Gasteiger partial charge is 0.314 e. The van der Waals surface area contributed by atoms with E-state index in [0.717, 1.165) is 29.7 Å². The van der Waals surface area contributed by atoms with E-state index in [1.165, 1.54) is 32.1 Å². The Morgan fingerprint density at radius 2 is 1.62 bits per heavy atom. The van der Waals surface area contributed by atoms with Crippen LogP contribution in [0.2, 0.25) is 0 Å².